The van der Waals surface area contributed by atoms with E-state index < -0.39 is 0 Å². The van der Waals surface area contributed by atoms with Crippen molar-refractivity contribution in [1.82, 2.24) is 5.32 Å². The molecular weight excluding hydrogens is 306 g/mol. The van der Waals surface area contributed by atoms with Crippen LogP contribution < -0.4 is 10.6 Å². The number of carbonyl (C=O) groups is 2. The van der Waals surface area contributed by atoms with Crippen molar-refractivity contribution < 1.29 is 14.4 Å². The number of hydrogen-bond donors (Lipinski definition) is 2. The summed E-state index contributed by atoms with van der Waals surface area (Å²) < 4.78 is 0. The average Bonchev–Trinajstić information content (AvgIpc) is 3.13. The van der Waals surface area contributed by atoms with E-state index >= 15 is 0 Å². The first-order valence-electron chi connectivity index (χ1n) is 7.58. The Bertz CT molecular complexity index is 770. The fourth-order valence-corrected chi connectivity index (χ4v) is 2.41. The summed E-state index contributed by atoms with van der Waals surface area (Å²) in [5.41, 5.74) is 2.46. The first-order chi connectivity index (χ1) is 11.7. The molecule has 6 nitrogen and oxygen atoms in total. The number of anilines is 1. The first-order valence-corrected chi connectivity index (χ1v) is 7.58. The minimum Gasteiger partial charge on any atom is -0.387 e. The van der Waals surface area contributed by atoms with Gasteiger partial charge in [-0.3, -0.25) is 9.59 Å². The van der Waals surface area contributed by atoms with Gasteiger partial charge in [-0.15, -0.1) is 0 Å². The van der Waals surface area contributed by atoms with Gasteiger partial charge in [-0.2, -0.15) is 0 Å². The quantitative estimate of drug-likeness (QED) is 0.907. The van der Waals surface area contributed by atoms with Crippen LogP contribution in [0.1, 0.15) is 28.4 Å². The molecule has 0 aromatic heterocycles. The van der Waals surface area contributed by atoms with E-state index in [1.54, 1.807) is 31.3 Å². The number of amides is 2. The first kappa shape index (κ1) is 15.7. The minimum absolute atomic E-state index is 0.174. The van der Waals surface area contributed by atoms with E-state index in [2.05, 4.69) is 15.8 Å². The molecule has 2 aromatic carbocycles. The van der Waals surface area contributed by atoms with Gasteiger partial charge in [-0.05, 0) is 29.8 Å². The SMILES string of the molecule is CNC(=O)c1ccc(NC(=O)C2=NOC(c3ccccc3)C2)cc1. The summed E-state index contributed by atoms with van der Waals surface area (Å²) in [5.74, 6) is -0.478. The van der Waals surface area contributed by atoms with Crippen LogP contribution in [0.3, 0.4) is 0 Å². The van der Waals surface area contributed by atoms with Crippen LogP contribution in [0.15, 0.2) is 59.8 Å². The molecule has 1 unspecified atom stereocenters. The normalized spacial score (nSPS) is 16.0. The van der Waals surface area contributed by atoms with Crippen molar-refractivity contribution in [2.24, 2.45) is 5.16 Å². The number of oxime groups is 1. The molecule has 0 saturated heterocycles. The van der Waals surface area contributed by atoms with Crippen molar-refractivity contribution >= 4 is 23.2 Å². The predicted octanol–water partition coefficient (Wildman–Crippen LogP) is 2.50. The van der Waals surface area contributed by atoms with Gasteiger partial charge in [-0.1, -0.05) is 35.5 Å². The standard InChI is InChI=1S/C18H17N3O3/c1-19-17(22)13-7-9-14(10-8-13)20-18(23)15-11-16(24-21-15)12-5-3-2-4-6-12/h2-10,16H,11H2,1H3,(H,19,22)(H,20,23). The van der Waals surface area contributed by atoms with Gasteiger partial charge in [0.2, 0.25) is 0 Å². The maximum absolute atomic E-state index is 12.3. The molecule has 0 saturated carbocycles. The fourth-order valence-electron chi connectivity index (χ4n) is 2.41. The molecule has 24 heavy (non-hydrogen) atoms. The molecule has 1 heterocycles. The third-order valence-corrected chi connectivity index (χ3v) is 3.73. The highest BCUT2D eigenvalue weighted by molar-refractivity contribution is 6.43. The highest BCUT2D eigenvalue weighted by Crippen LogP contribution is 2.27. The van der Waals surface area contributed by atoms with Crippen molar-refractivity contribution in [2.75, 3.05) is 12.4 Å². The molecule has 0 spiro atoms. The van der Waals surface area contributed by atoms with Crippen molar-refractivity contribution in [2.45, 2.75) is 12.5 Å². The molecule has 1 aliphatic heterocycles. The second-order valence-corrected chi connectivity index (χ2v) is 5.36. The zero-order valence-electron chi connectivity index (χ0n) is 13.2. The number of carbonyl (C=O) groups excluding carboxylic acids is 2. The fraction of sp³-hybridized carbons (Fsp3) is 0.167. The van der Waals surface area contributed by atoms with Crippen LogP contribution in [0.25, 0.3) is 0 Å². The van der Waals surface area contributed by atoms with Gasteiger partial charge in [-0.25, -0.2) is 0 Å². The molecule has 1 aliphatic rings. The van der Waals surface area contributed by atoms with Gasteiger partial charge in [0.25, 0.3) is 11.8 Å². The molecule has 0 fully saturated rings. The van der Waals surface area contributed by atoms with Gasteiger partial charge in [0, 0.05) is 24.7 Å². The maximum Gasteiger partial charge on any atom is 0.273 e. The summed E-state index contributed by atoms with van der Waals surface area (Å²) in [6.07, 6.45) is 0.189. The monoisotopic (exact) mass is 323 g/mol. The van der Waals surface area contributed by atoms with Crippen molar-refractivity contribution in [3.63, 3.8) is 0 Å². The lowest BCUT2D eigenvalue weighted by Crippen LogP contribution is -2.22. The van der Waals surface area contributed by atoms with Crippen molar-refractivity contribution in [3.05, 3.63) is 65.7 Å². The van der Waals surface area contributed by atoms with Crippen LogP contribution >= 0.6 is 0 Å². The Balaban J connectivity index is 1.61. The van der Waals surface area contributed by atoms with E-state index in [-0.39, 0.29) is 17.9 Å². The Hall–Kier alpha value is -3.15. The zero-order valence-corrected chi connectivity index (χ0v) is 13.2. The Labute approximate surface area is 139 Å². The molecular formula is C18H17N3O3. The molecule has 2 N–H and O–H groups in total. The molecule has 0 bridgehead atoms. The van der Waals surface area contributed by atoms with E-state index in [9.17, 15) is 9.59 Å². The average molecular weight is 323 g/mol. The second-order valence-electron chi connectivity index (χ2n) is 5.36. The minimum atomic E-state index is -0.305. The van der Waals surface area contributed by atoms with Gasteiger partial charge >= 0.3 is 0 Å². The van der Waals surface area contributed by atoms with Crippen molar-refractivity contribution in [3.8, 4) is 0 Å². The Morgan fingerprint density at radius 2 is 1.75 bits per heavy atom. The lowest BCUT2D eigenvalue weighted by Gasteiger charge is -2.08. The van der Waals surface area contributed by atoms with Gasteiger partial charge in [0.1, 0.15) is 5.71 Å². The summed E-state index contributed by atoms with van der Waals surface area (Å²) in [5, 5.41) is 9.19. The molecule has 1 atom stereocenters. The molecule has 3 rings (SSSR count). The third kappa shape index (κ3) is 3.43. The van der Waals surface area contributed by atoms with Crippen LogP contribution in [0, 0.1) is 0 Å². The van der Waals surface area contributed by atoms with Gasteiger partial charge < -0.3 is 15.5 Å². The van der Waals surface area contributed by atoms with Crippen molar-refractivity contribution in [1.29, 1.82) is 0 Å². The Kier molecular flexibility index (Phi) is 4.56. The van der Waals surface area contributed by atoms with Crippen LogP contribution in [0.2, 0.25) is 0 Å². The zero-order chi connectivity index (χ0) is 16.9. The second kappa shape index (κ2) is 6.95. The lowest BCUT2D eigenvalue weighted by atomic mass is 10.0. The molecule has 0 aliphatic carbocycles. The van der Waals surface area contributed by atoms with Crippen LogP contribution in [0.5, 0.6) is 0 Å². The van der Waals surface area contributed by atoms with Gasteiger partial charge in [0.05, 0.1) is 0 Å². The van der Waals surface area contributed by atoms with Crippen LogP contribution in [-0.4, -0.2) is 24.6 Å². The summed E-state index contributed by atoms with van der Waals surface area (Å²) in [4.78, 5) is 29.1. The number of rotatable bonds is 4. The maximum atomic E-state index is 12.3. The van der Waals surface area contributed by atoms with Crippen LogP contribution in [0.4, 0.5) is 5.69 Å². The van der Waals surface area contributed by atoms with Gasteiger partial charge in [0.15, 0.2) is 6.10 Å². The summed E-state index contributed by atoms with van der Waals surface area (Å²) in [6.45, 7) is 0. The molecule has 2 aromatic rings. The number of hydrogen-bond acceptors (Lipinski definition) is 4. The van der Waals surface area contributed by atoms with E-state index in [0.29, 0.717) is 23.4 Å². The van der Waals surface area contributed by atoms with Crippen LogP contribution in [-0.2, 0) is 9.63 Å². The Morgan fingerprint density at radius 3 is 2.42 bits per heavy atom. The molecule has 122 valence electrons. The molecule has 0 radical (unpaired) electrons. The third-order valence-electron chi connectivity index (χ3n) is 3.73. The topological polar surface area (TPSA) is 79.8 Å². The number of nitrogens with one attached hydrogen (secondary N) is 2. The Morgan fingerprint density at radius 1 is 1.04 bits per heavy atom. The highest BCUT2D eigenvalue weighted by Gasteiger charge is 2.27. The molecule has 2 amide bonds. The predicted molar refractivity (Wildman–Crippen MR) is 90.8 cm³/mol. The largest absolute Gasteiger partial charge is 0.387 e. The van der Waals surface area contributed by atoms with E-state index in [4.69, 9.17) is 4.84 Å². The van der Waals surface area contributed by atoms with E-state index in [0.717, 1.165) is 5.56 Å². The summed E-state index contributed by atoms with van der Waals surface area (Å²) in [7, 11) is 1.57. The van der Waals surface area contributed by atoms with E-state index in [1.807, 2.05) is 30.3 Å². The highest BCUT2D eigenvalue weighted by atomic mass is 16.6. The smallest absolute Gasteiger partial charge is 0.273 e. The number of nitrogens with zero attached hydrogens (tertiary/aromatic N) is 1. The molecule has 6 heteroatoms. The summed E-state index contributed by atoms with van der Waals surface area (Å²) >= 11 is 0. The summed E-state index contributed by atoms with van der Waals surface area (Å²) in [6, 6.07) is 16.3. The lowest BCUT2D eigenvalue weighted by molar-refractivity contribution is -0.110. The number of benzene rings is 2. The van der Waals surface area contributed by atoms with E-state index in [1.165, 1.54) is 0 Å².